The molecule has 7 nitrogen and oxygen atoms in total. The van der Waals surface area contributed by atoms with E-state index < -0.39 is 21.8 Å². The Morgan fingerprint density at radius 1 is 1.32 bits per heavy atom. The number of aromatic amines is 1. The van der Waals surface area contributed by atoms with Crippen LogP contribution < -0.4 is 4.72 Å². The Labute approximate surface area is 144 Å². The van der Waals surface area contributed by atoms with Crippen molar-refractivity contribution in [1.82, 2.24) is 19.7 Å². The molecule has 0 atom stereocenters. The first-order valence-electron chi connectivity index (χ1n) is 6.78. The zero-order valence-corrected chi connectivity index (χ0v) is 14.6. The third kappa shape index (κ3) is 3.31. The van der Waals surface area contributed by atoms with E-state index in [4.69, 9.17) is 0 Å². The Morgan fingerprint density at radius 3 is 2.64 bits per heavy atom. The van der Waals surface area contributed by atoms with E-state index in [1.807, 2.05) is 0 Å². The first-order chi connectivity index (χ1) is 11.6. The number of alkyl halides is 3. The number of rotatable bonds is 4. The number of anilines is 1. The third-order valence-corrected chi connectivity index (χ3v) is 5.48. The first kappa shape index (κ1) is 17.6. The minimum Gasteiger partial charge on any atom is -0.360 e. The average Bonchev–Trinajstić information content (AvgIpc) is 3.08. The van der Waals surface area contributed by atoms with Crippen LogP contribution in [0.2, 0.25) is 0 Å². The zero-order valence-electron chi connectivity index (χ0n) is 12.9. The Hall–Kier alpha value is -2.21. The van der Waals surface area contributed by atoms with Gasteiger partial charge in [-0.3, -0.25) is 0 Å². The molecule has 1 aromatic carbocycles. The summed E-state index contributed by atoms with van der Waals surface area (Å²) in [6.07, 6.45) is -1.62. The fraction of sp³-hybridized carbons (Fsp3) is 0.231. The van der Waals surface area contributed by atoms with Crippen LogP contribution in [0.1, 0.15) is 5.56 Å². The molecular formula is C13H12F3N5O2S2. The highest BCUT2D eigenvalue weighted by Crippen LogP contribution is 2.33. The highest BCUT2D eigenvalue weighted by Gasteiger charge is 2.31. The van der Waals surface area contributed by atoms with Crippen LogP contribution in [0.15, 0.2) is 34.4 Å². The Balaban J connectivity index is 1.99. The molecule has 2 heterocycles. The summed E-state index contributed by atoms with van der Waals surface area (Å²) >= 11 is 1.29. The maximum Gasteiger partial charge on any atom is 0.416 e. The molecule has 0 amide bonds. The van der Waals surface area contributed by atoms with Gasteiger partial charge in [-0.1, -0.05) is 17.8 Å². The lowest BCUT2D eigenvalue weighted by molar-refractivity contribution is -0.137. The average molecular weight is 391 g/mol. The molecule has 3 aromatic rings. The van der Waals surface area contributed by atoms with Crippen LogP contribution in [0, 0.1) is 0 Å². The molecule has 2 aromatic heterocycles. The van der Waals surface area contributed by atoms with E-state index in [0.717, 1.165) is 24.4 Å². The molecule has 0 saturated carbocycles. The Kier molecular flexibility index (Phi) is 4.19. The second-order valence-corrected chi connectivity index (χ2v) is 7.49. The fourth-order valence-electron chi connectivity index (χ4n) is 2.26. The number of halogens is 3. The van der Waals surface area contributed by atoms with Gasteiger partial charge in [0.2, 0.25) is 0 Å². The van der Waals surface area contributed by atoms with Crippen molar-refractivity contribution in [2.45, 2.75) is 16.2 Å². The molecule has 3 rings (SSSR count). The van der Waals surface area contributed by atoms with Crippen LogP contribution in [-0.4, -0.2) is 34.4 Å². The summed E-state index contributed by atoms with van der Waals surface area (Å²) in [5.74, 6) is -0.117. The third-order valence-electron chi connectivity index (χ3n) is 3.39. The molecule has 0 radical (unpaired) electrons. The quantitative estimate of drug-likeness (QED) is 0.667. The van der Waals surface area contributed by atoms with E-state index in [-0.39, 0.29) is 21.7 Å². The minimum absolute atomic E-state index is 0.0639. The van der Waals surface area contributed by atoms with Crippen molar-refractivity contribution in [2.24, 2.45) is 7.05 Å². The van der Waals surface area contributed by atoms with Crippen molar-refractivity contribution in [3.05, 3.63) is 30.0 Å². The summed E-state index contributed by atoms with van der Waals surface area (Å²) in [5, 5.41) is 4.58. The van der Waals surface area contributed by atoms with Gasteiger partial charge in [-0.15, -0.1) is 5.10 Å². The van der Waals surface area contributed by atoms with Crippen LogP contribution >= 0.6 is 11.8 Å². The number of fused-ring (bicyclic) bond motifs is 1. The van der Waals surface area contributed by atoms with Gasteiger partial charge in [0.15, 0.2) is 5.16 Å². The van der Waals surface area contributed by atoms with Crippen molar-refractivity contribution in [1.29, 1.82) is 0 Å². The number of nitrogens with one attached hydrogen (secondary N) is 2. The van der Waals surface area contributed by atoms with E-state index in [1.54, 1.807) is 13.3 Å². The largest absolute Gasteiger partial charge is 0.416 e. The van der Waals surface area contributed by atoms with Gasteiger partial charge < -0.3 is 4.98 Å². The SMILES string of the molecule is CSc1nc(NS(=O)(=O)c2c[nH]c3cc(C(F)(F)F)ccc23)nn1C. The van der Waals surface area contributed by atoms with Crippen molar-refractivity contribution in [3.8, 4) is 0 Å². The number of thioether (sulfide) groups is 1. The van der Waals surface area contributed by atoms with Crippen LogP contribution in [-0.2, 0) is 23.2 Å². The van der Waals surface area contributed by atoms with E-state index in [1.165, 1.54) is 16.4 Å². The normalized spacial score (nSPS) is 12.7. The van der Waals surface area contributed by atoms with E-state index in [9.17, 15) is 21.6 Å². The van der Waals surface area contributed by atoms with Gasteiger partial charge in [0.05, 0.1) is 5.56 Å². The number of sulfonamides is 1. The Bertz CT molecular complexity index is 1040. The number of nitrogens with zero attached hydrogens (tertiary/aromatic N) is 3. The van der Waals surface area contributed by atoms with Crippen LogP contribution in [0.3, 0.4) is 0 Å². The molecule has 0 aliphatic heterocycles. The summed E-state index contributed by atoms with van der Waals surface area (Å²) in [5.41, 5.74) is -0.802. The molecule has 25 heavy (non-hydrogen) atoms. The van der Waals surface area contributed by atoms with Gasteiger partial charge in [0, 0.05) is 24.1 Å². The van der Waals surface area contributed by atoms with Crippen molar-refractivity contribution in [2.75, 3.05) is 11.0 Å². The van der Waals surface area contributed by atoms with E-state index >= 15 is 0 Å². The van der Waals surface area contributed by atoms with Crippen LogP contribution in [0.5, 0.6) is 0 Å². The fourth-order valence-corrected chi connectivity index (χ4v) is 3.87. The van der Waals surface area contributed by atoms with Gasteiger partial charge in [-0.2, -0.15) is 18.2 Å². The van der Waals surface area contributed by atoms with Crippen molar-refractivity contribution >= 4 is 38.6 Å². The molecule has 0 spiro atoms. The number of hydrogen-bond donors (Lipinski definition) is 2. The lowest BCUT2D eigenvalue weighted by Crippen LogP contribution is -2.14. The molecule has 0 fully saturated rings. The van der Waals surface area contributed by atoms with Crippen molar-refractivity contribution < 1.29 is 21.6 Å². The topological polar surface area (TPSA) is 92.7 Å². The number of benzene rings is 1. The van der Waals surface area contributed by atoms with Gasteiger partial charge >= 0.3 is 6.18 Å². The maximum absolute atomic E-state index is 12.8. The monoisotopic (exact) mass is 391 g/mol. The summed E-state index contributed by atoms with van der Waals surface area (Å²) in [4.78, 5) is 6.38. The minimum atomic E-state index is -4.51. The van der Waals surface area contributed by atoms with E-state index in [2.05, 4.69) is 19.8 Å². The molecule has 12 heteroatoms. The van der Waals surface area contributed by atoms with Gasteiger partial charge in [0.1, 0.15) is 4.90 Å². The highest BCUT2D eigenvalue weighted by molar-refractivity contribution is 7.98. The standard InChI is InChI=1S/C13H12F3N5O2S2/c1-21-12(24-2)18-11(19-21)20-25(22,23)10-6-17-9-5-7(13(14,15)16)3-4-8(9)10/h3-6,17H,1-2H3,(H,19,20). The molecule has 0 bridgehead atoms. The van der Waals surface area contributed by atoms with E-state index in [0.29, 0.717) is 5.16 Å². The van der Waals surface area contributed by atoms with Crippen LogP contribution in [0.25, 0.3) is 10.9 Å². The maximum atomic E-state index is 12.8. The molecule has 0 aliphatic rings. The second-order valence-electron chi connectivity index (χ2n) is 5.06. The lowest BCUT2D eigenvalue weighted by Gasteiger charge is -2.07. The van der Waals surface area contributed by atoms with Gasteiger partial charge in [0.25, 0.3) is 16.0 Å². The number of aromatic nitrogens is 4. The first-order valence-corrected chi connectivity index (χ1v) is 9.49. The predicted octanol–water partition coefficient (Wildman–Crippen LogP) is 2.84. The lowest BCUT2D eigenvalue weighted by atomic mass is 10.1. The van der Waals surface area contributed by atoms with Crippen molar-refractivity contribution in [3.63, 3.8) is 0 Å². The molecule has 2 N–H and O–H groups in total. The highest BCUT2D eigenvalue weighted by atomic mass is 32.2. The zero-order chi connectivity index (χ0) is 18.4. The molecule has 0 unspecified atom stereocenters. The molecule has 0 aliphatic carbocycles. The summed E-state index contributed by atoms with van der Waals surface area (Å²) in [6.45, 7) is 0. The number of hydrogen-bond acceptors (Lipinski definition) is 5. The smallest absolute Gasteiger partial charge is 0.360 e. The summed E-state index contributed by atoms with van der Waals surface area (Å²) in [6, 6.07) is 2.81. The summed E-state index contributed by atoms with van der Waals surface area (Å²) < 4.78 is 66.9. The molecular weight excluding hydrogens is 379 g/mol. The Morgan fingerprint density at radius 2 is 2.04 bits per heavy atom. The molecule has 134 valence electrons. The second kappa shape index (κ2) is 5.95. The van der Waals surface area contributed by atoms with Crippen LogP contribution in [0.4, 0.5) is 19.1 Å². The predicted molar refractivity (Wildman–Crippen MR) is 86.9 cm³/mol. The van der Waals surface area contributed by atoms with Gasteiger partial charge in [-0.25, -0.2) is 17.8 Å². The number of H-pyrrole nitrogens is 1. The summed E-state index contributed by atoms with van der Waals surface area (Å²) in [7, 11) is -2.45. The van der Waals surface area contributed by atoms with Gasteiger partial charge in [-0.05, 0) is 18.4 Å². The number of aryl methyl sites for hydroxylation is 1. The molecule has 0 saturated heterocycles.